The van der Waals surface area contributed by atoms with Crippen molar-refractivity contribution in [2.45, 2.75) is 39.5 Å². The lowest BCUT2D eigenvalue weighted by Gasteiger charge is -2.24. The Balaban J connectivity index is 1.55. The summed E-state index contributed by atoms with van der Waals surface area (Å²) in [6.45, 7) is 9.22. The highest BCUT2D eigenvalue weighted by Gasteiger charge is 2.23. The van der Waals surface area contributed by atoms with Crippen LogP contribution in [0.3, 0.4) is 0 Å². The van der Waals surface area contributed by atoms with Crippen molar-refractivity contribution in [1.29, 1.82) is 0 Å². The molecule has 5 aromatic carbocycles. The summed E-state index contributed by atoms with van der Waals surface area (Å²) in [5.41, 5.74) is 9.78. The number of hydrogen-bond donors (Lipinski definition) is 0. The molecule has 2 aromatic heterocycles. The van der Waals surface area contributed by atoms with E-state index in [1.54, 1.807) is 0 Å². The van der Waals surface area contributed by atoms with Crippen molar-refractivity contribution >= 4 is 42.5 Å². The minimum Gasteiger partial charge on any atom is -0.292 e. The highest BCUT2D eigenvalue weighted by molar-refractivity contribution is 7.25. The molecule has 7 aromatic rings. The van der Waals surface area contributed by atoms with E-state index in [0.29, 0.717) is 11.8 Å². The predicted octanol–water partition coefficient (Wildman–Crippen LogP) is 11.0. The van der Waals surface area contributed by atoms with Gasteiger partial charge in [0.1, 0.15) is 5.82 Å². The molecule has 2 heterocycles. The first kappa shape index (κ1) is 24.8. The van der Waals surface area contributed by atoms with Crippen LogP contribution in [-0.4, -0.2) is 9.55 Å². The van der Waals surface area contributed by atoms with E-state index in [9.17, 15) is 0 Å². The smallest absolute Gasteiger partial charge is 0.145 e. The molecule has 0 fully saturated rings. The summed E-state index contributed by atoms with van der Waals surface area (Å²) in [7, 11) is 0. The summed E-state index contributed by atoms with van der Waals surface area (Å²) >= 11 is 1.86. The Labute approximate surface area is 239 Å². The molecule has 40 heavy (non-hydrogen) atoms. The van der Waals surface area contributed by atoms with E-state index in [1.165, 1.54) is 48.1 Å². The SMILES string of the molecule is CC(C)c1cc(-c2ccccc2)cc(C(C)C)c1-n1c(-c2ccc3sc4ccccc4c3c2)nc2ccccc21. The molecule has 3 heteroatoms. The second kappa shape index (κ2) is 9.76. The zero-order chi connectivity index (χ0) is 27.4. The number of rotatable bonds is 5. The molecule has 196 valence electrons. The third-order valence-electron chi connectivity index (χ3n) is 7.94. The van der Waals surface area contributed by atoms with E-state index < -0.39 is 0 Å². The zero-order valence-corrected chi connectivity index (χ0v) is 24.2. The van der Waals surface area contributed by atoms with Crippen LogP contribution in [0.5, 0.6) is 0 Å². The van der Waals surface area contributed by atoms with Crippen LogP contribution in [0.25, 0.3) is 59.4 Å². The van der Waals surface area contributed by atoms with Gasteiger partial charge in [-0.3, -0.25) is 4.57 Å². The Morgan fingerprint density at radius 2 is 1.23 bits per heavy atom. The van der Waals surface area contributed by atoms with Crippen LogP contribution in [0.2, 0.25) is 0 Å². The molecule has 0 saturated heterocycles. The maximum Gasteiger partial charge on any atom is 0.145 e. The summed E-state index contributed by atoms with van der Waals surface area (Å²) in [5.74, 6) is 1.68. The lowest BCUT2D eigenvalue weighted by atomic mass is 9.88. The van der Waals surface area contributed by atoms with Gasteiger partial charge in [0.15, 0.2) is 0 Å². The van der Waals surface area contributed by atoms with Gasteiger partial charge in [-0.2, -0.15) is 0 Å². The summed E-state index contributed by atoms with van der Waals surface area (Å²) < 4.78 is 5.07. The van der Waals surface area contributed by atoms with Crippen molar-refractivity contribution in [2.75, 3.05) is 0 Å². The van der Waals surface area contributed by atoms with Gasteiger partial charge in [-0.1, -0.05) is 88.4 Å². The fourth-order valence-electron chi connectivity index (χ4n) is 5.93. The Morgan fingerprint density at radius 1 is 0.575 bits per heavy atom. The van der Waals surface area contributed by atoms with Crippen molar-refractivity contribution in [2.24, 2.45) is 0 Å². The van der Waals surface area contributed by atoms with Crippen LogP contribution in [0.15, 0.2) is 109 Å². The molecule has 0 amide bonds. The molecular formula is C37H32N2S. The zero-order valence-electron chi connectivity index (χ0n) is 23.3. The lowest BCUT2D eigenvalue weighted by Crippen LogP contribution is -2.09. The average Bonchev–Trinajstić information content (AvgIpc) is 3.55. The van der Waals surface area contributed by atoms with E-state index in [0.717, 1.165) is 22.4 Å². The van der Waals surface area contributed by atoms with E-state index in [2.05, 4.69) is 141 Å². The molecular weight excluding hydrogens is 504 g/mol. The average molecular weight is 537 g/mol. The van der Waals surface area contributed by atoms with Crippen molar-refractivity contribution < 1.29 is 0 Å². The molecule has 0 bridgehead atoms. The molecule has 0 aliphatic rings. The van der Waals surface area contributed by atoms with E-state index in [4.69, 9.17) is 4.98 Å². The van der Waals surface area contributed by atoms with Crippen LogP contribution in [0.4, 0.5) is 0 Å². The van der Waals surface area contributed by atoms with Crippen molar-refractivity contribution in [3.8, 4) is 28.2 Å². The molecule has 7 rings (SSSR count). The number of para-hydroxylation sites is 2. The van der Waals surface area contributed by atoms with Crippen molar-refractivity contribution in [3.05, 3.63) is 120 Å². The fourth-order valence-corrected chi connectivity index (χ4v) is 7.01. The van der Waals surface area contributed by atoms with Crippen LogP contribution in [0.1, 0.15) is 50.7 Å². The molecule has 0 aliphatic heterocycles. The summed E-state index contributed by atoms with van der Waals surface area (Å²) in [6.07, 6.45) is 0. The van der Waals surface area contributed by atoms with Gasteiger partial charge in [-0.25, -0.2) is 4.98 Å². The van der Waals surface area contributed by atoms with Crippen LogP contribution >= 0.6 is 11.3 Å². The fraction of sp³-hybridized carbons (Fsp3) is 0.162. The van der Waals surface area contributed by atoms with Gasteiger partial charge >= 0.3 is 0 Å². The van der Waals surface area contributed by atoms with Gasteiger partial charge < -0.3 is 0 Å². The van der Waals surface area contributed by atoms with Gasteiger partial charge in [-0.05, 0) is 82.6 Å². The highest BCUT2D eigenvalue weighted by atomic mass is 32.1. The van der Waals surface area contributed by atoms with Gasteiger partial charge in [0, 0.05) is 25.7 Å². The number of nitrogens with zero attached hydrogens (tertiary/aromatic N) is 2. The first-order valence-corrected chi connectivity index (χ1v) is 14.9. The molecule has 0 atom stereocenters. The van der Waals surface area contributed by atoms with E-state index in [1.807, 2.05) is 11.3 Å². The maximum atomic E-state index is 5.28. The molecule has 0 spiro atoms. The standard InChI is InChI=1S/C37H32N2S/c1-23(2)29-21-27(25-12-6-5-7-13-25)22-30(24(3)4)36(29)39-33-16-10-9-15-32(33)38-37(39)26-18-19-35-31(20-26)28-14-8-11-17-34(28)40-35/h5-24H,1-4H3. The lowest BCUT2D eigenvalue weighted by molar-refractivity contribution is 0.811. The number of thiophene rings is 1. The first-order valence-electron chi connectivity index (χ1n) is 14.1. The molecule has 0 radical (unpaired) electrons. The predicted molar refractivity (Wildman–Crippen MR) is 173 cm³/mol. The van der Waals surface area contributed by atoms with Crippen LogP contribution < -0.4 is 0 Å². The topological polar surface area (TPSA) is 17.8 Å². The summed E-state index contributed by atoms with van der Waals surface area (Å²) in [4.78, 5) is 5.28. The quantitative estimate of drug-likeness (QED) is 0.214. The Kier molecular flexibility index (Phi) is 6.05. The van der Waals surface area contributed by atoms with Crippen LogP contribution in [0, 0.1) is 0 Å². The first-order chi connectivity index (χ1) is 19.5. The normalized spacial score (nSPS) is 11.9. The second-order valence-corrected chi connectivity index (χ2v) is 12.3. The third kappa shape index (κ3) is 4.04. The number of aromatic nitrogens is 2. The highest BCUT2D eigenvalue weighted by Crippen LogP contribution is 2.41. The number of hydrogen-bond acceptors (Lipinski definition) is 2. The van der Waals surface area contributed by atoms with Gasteiger partial charge in [0.2, 0.25) is 0 Å². The summed E-state index contributed by atoms with van der Waals surface area (Å²) in [5, 5.41) is 2.61. The Hall–Kier alpha value is -4.21. The van der Waals surface area contributed by atoms with Crippen LogP contribution in [-0.2, 0) is 0 Å². The number of imidazole rings is 1. The van der Waals surface area contributed by atoms with Crippen molar-refractivity contribution in [3.63, 3.8) is 0 Å². The number of benzene rings is 5. The molecule has 0 unspecified atom stereocenters. The minimum atomic E-state index is 0.341. The van der Waals surface area contributed by atoms with Gasteiger partial charge in [0.25, 0.3) is 0 Å². The Morgan fingerprint density at radius 3 is 1.98 bits per heavy atom. The van der Waals surface area contributed by atoms with Gasteiger partial charge in [0.05, 0.1) is 16.7 Å². The van der Waals surface area contributed by atoms with E-state index in [-0.39, 0.29) is 0 Å². The molecule has 0 aliphatic carbocycles. The largest absolute Gasteiger partial charge is 0.292 e. The van der Waals surface area contributed by atoms with Crippen molar-refractivity contribution in [1.82, 2.24) is 9.55 Å². The summed E-state index contributed by atoms with van der Waals surface area (Å²) in [6, 6.07) is 39.7. The monoisotopic (exact) mass is 536 g/mol. The number of fused-ring (bicyclic) bond motifs is 4. The van der Waals surface area contributed by atoms with E-state index >= 15 is 0 Å². The molecule has 2 nitrogen and oxygen atoms in total. The Bertz CT molecular complexity index is 1980. The minimum absolute atomic E-state index is 0.341. The second-order valence-electron chi connectivity index (χ2n) is 11.2. The molecule has 0 N–H and O–H groups in total. The van der Waals surface area contributed by atoms with Gasteiger partial charge in [-0.15, -0.1) is 11.3 Å². The maximum absolute atomic E-state index is 5.28. The third-order valence-corrected chi connectivity index (χ3v) is 9.09. The molecule has 0 saturated carbocycles.